The highest BCUT2D eigenvalue weighted by Crippen LogP contribution is 2.28. The summed E-state index contributed by atoms with van der Waals surface area (Å²) >= 11 is 6.04. The van der Waals surface area contributed by atoms with Crippen LogP contribution >= 0.6 is 11.6 Å². The van der Waals surface area contributed by atoms with Crippen LogP contribution in [0, 0.1) is 5.92 Å². The normalized spacial score (nSPS) is 14.7. The number of hydrogen-bond donors (Lipinski definition) is 2. The second-order valence-corrected chi connectivity index (χ2v) is 12.8. The Morgan fingerprint density at radius 2 is 1.50 bits per heavy atom. The van der Waals surface area contributed by atoms with Crippen LogP contribution in [0.3, 0.4) is 0 Å². The van der Waals surface area contributed by atoms with Gasteiger partial charge in [0.25, 0.3) is 26.0 Å². The van der Waals surface area contributed by atoms with Gasteiger partial charge in [0.15, 0.2) is 0 Å². The molecule has 0 aliphatic carbocycles. The average Bonchev–Trinajstić information content (AvgIpc) is 2.89. The number of nitrogens with one attached hydrogen (secondary N) is 2. The summed E-state index contributed by atoms with van der Waals surface area (Å²) < 4.78 is 61.9. The number of nitrogens with zero attached hydrogens (tertiary/aromatic N) is 1. The van der Waals surface area contributed by atoms with E-state index in [-0.39, 0.29) is 43.4 Å². The topological polar surface area (TPSA) is 122 Å². The van der Waals surface area contributed by atoms with Crippen molar-refractivity contribution in [1.82, 2.24) is 4.90 Å². The van der Waals surface area contributed by atoms with E-state index < -0.39 is 20.0 Å². The number of likely N-dealkylation sites (tertiary alicyclic amines) is 1. The molecule has 202 valence electrons. The van der Waals surface area contributed by atoms with E-state index in [0.717, 1.165) is 12.8 Å². The summed E-state index contributed by atoms with van der Waals surface area (Å²) in [7, 11) is -6.62. The standard InChI is InChI=1S/C26H28ClN3O6S2/c1-18-13-15-30(16-14-18)26(31)22-17-21(11-12-25(22)36-2)38(34,35)28-19-7-9-20(10-8-19)37(32,33)29-24-6-4-3-5-23(24)27/h3-12,17-18,28-29H,13-16H2,1-2H3. The first-order valence-electron chi connectivity index (χ1n) is 11.9. The maximum Gasteiger partial charge on any atom is 0.261 e. The molecule has 0 bridgehead atoms. The van der Waals surface area contributed by atoms with E-state index in [2.05, 4.69) is 16.4 Å². The van der Waals surface area contributed by atoms with E-state index in [1.807, 2.05) is 0 Å². The molecule has 0 aromatic heterocycles. The van der Waals surface area contributed by atoms with Gasteiger partial charge in [-0.1, -0.05) is 30.7 Å². The molecule has 2 N–H and O–H groups in total. The maximum absolute atomic E-state index is 13.2. The van der Waals surface area contributed by atoms with Gasteiger partial charge in [0.2, 0.25) is 0 Å². The Morgan fingerprint density at radius 3 is 2.13 bits per heavy atom. The summed E-state index contributed by atoms with van der Waals surface area (Å²) in [6, 6.07) is 15.7. The fourth-order valence-electron chi connectivity index (χ4n) is 4.07. The first-order chi connectivity index (χ1) is 18.0. The minimum atomic E-state index is -4.10. The molecule has 4 rings (SSSR count). The lowest BCUT2D eigenvalue weighted by molar-refractivity contribution is 0.0693. The number of anilines is 2. The van der Waals surface area contributed by atoms with Gasteiger partial charge in [-0.3, -0.25) is 14.2 Å². The van der Waals surface area contributed by atoms with E-state index in [0.29, 0.717) is 19.0 Å². The molecule has 0 saturated carbocycles. The van der Waals surface area contributed by atoms with Crippen LogP contribution in [-0.2, 0) is 20.0 Å². The summed E-state index contributed by atoms with van der Waals surface area (Å²) in [4.78, 5) is 14.7. The molecule has 1 aliphatic heterocycles. The lowest BCUT2D eigenvalue weighted by Crippen LogP contribution is -2.38. The molecule has 0 unspecified atom stereocenters. The van der Waals surface area contributed by atoms with E-state index in [1.165, 1.54) is 55.6 Å². The predicted octanol–water partition coefficient (Wildman–Crippen LogP) is 4.82. The van der Waals surface area contributed by atoms with Crippen LogP contribution in [-0.4, -0.2) is 47.8 Å². The van der Waals surface area contributed by atoms with Gasteiger partial charge in [0, 0.05) is 18.8 Å². The van der Waals surface area contributed by atoms with E-state index in [1.54, 1.807) is 23.1 Å². The number of amides is 1. The summed E-state index contributed by atoms with van der Waals surface area (Å²) in [5.41, 5.74) is 0.537. The maximum atomic E-state index is 13.2. The minimum absolute atomic E-state index is 0.0754. The molecule has 0 atom stereocenters. The molecule has 1 aliphatic rings. The van der Waals surface area contributed by atoms with Crippen molar-refractivity contribution in [3.05, 3.63) is 77.3 Å². The van der Waals surface area contributed by atoms with Crippen LogP contribution in [0.2, 0.25) is 5.02 Å². The lowest BCUT2D eigenvalue weighted by atomic mass is 9.98. The fourth-order valence-corrected chi connectivity index (χ4v) is 6.47. The van der Waals surface area contributed by atoms with Gasteiger partial charge < -0.3 is 9.64 Å². The van der Waals surface area contributed by atoms with Crippen LogP contribution in [0.5, 0.6) is 5.75 Å². The zero-order valence-corrected chi connectivity index (χ0v) is 23.2. The van der Waals surface area contributed by atoms with Crippen molar-refractivity contribution in [2.45, 2.75) is 29.6 Å². The molecular formula is C26H28ClN3O6S2. The van der Waals surface area contributed by atoms with Gasteiger partial charge in [0.05, 0.1) is 33.2 Å². The van der Waals surface area contributed by atoms with E-state index in [9.17, 15) is 21.6 Å². The third-order valence-corrected chi connectivity index (χ3v) is 9.41. The van der Waals surface area contributed by atoms with Crippen molar-refractivity contribution in [2.24, 2.45) is 5.92 Å². The van der Waals surface area contributed by atoms with Crippen molar-refractivity contribution in [1.29, 1.82) is 0 Å². The minimum Gasteiger partial charge on any atom is -0.496 e. The number of halogens is 1. The number of benzene rings is 3. The molecule has 1 amide bonds. The van der Waals surface area contributed by atoms with Gasteiger partial charge in [-0.25, -0.2) is 16.8 Å². The van der Waals surface area contributed by atoms with Crippen molar-refractivity contribution in [3.8, 4) is 5.75 Å². The molecule has 0 spiro atoms. The molecule has 1 heterocycles. The monoisotopic (exact) mass is 577 g/mol. The largest absolute Gasteiger partial charge is 0.496 e. The Balaban J connectivity index is 1.53. The highest BCUT2D eigenvalue weighted by atomic mass is 35.5. The highest BCUT2D eigenvalue weighted by molar-refractivity contribution is 7.93. The van der Waals surface area contributed by atoms with Crippen LogP contribution < -0.4 is 14.2 Å². The van der Waals surface area contributed by atoms with Crippen LogP contribution in [0.25, 0.3) is 0 Å². The average molecular weight is 578 g/mol. The molecule has 0 radical (unpaired) electrons. The zero-order chi connectivity index (χ0) is 27.5. The third-order valence-electron chi connectivity index (χ3n) is 6.32. The lowest BCUT2D eigenvalue weighted by Gasteiger charge is -2.30. The highest BCUT2D eigenvalue weighted by Gasteiger charge is 2.26. The molecule has 3 aromatic carbocycles. The first-order valence-corrected chi connectivity index (χ1v) is 15.2. The van der Waals surface area contributed by atoms with Gasteiger partial charge in [0.1, 0.15) is 5.75 Å². The molecular weight excluding hydrogens is 550 g/mol. The van der Waals surface area contributed by atoms with Crippen molar-refractivity contribution in [2.75, 3.05) is 29.6 Å². The summed E-state index contributed by atoms with van der Waals surface area (Å²) in [6.45, 7) is 3.33. The number of methoxy groups -OCH3 is 1. The number of ether oxygens (including phenoxy) is 1. The Bertz CT molecular complexity index is 1540. The van der Waals surface area contributed by atoms with Crippen molar-refractivity contribution < 1.29 is 26.4 Å². The second kappa shape index (κ2) is 11.2. The van der Waals surface area contributed by atoms with Crippen LogP contribution in [0.1, 0.15) is 30.1 Å². The number of carbonyl (C=O) groups excluding carboxylic acids is 1. The van der Waals surface area contributed by atoms with Crippen LogP contribution in [0.4, 0.5) is 11.4 Å². The molecule has 38 heavy (non-hydrogen) atoms. The number of rotatable bonds is 8. The van der Waals surface area contributed by atoms with E-state index in [4.69, 9.17) is 16.3 Å². The Hall–Kier alpha value is -3.28. The summed E-state index contributed by atoms with van der Waals surface area (Å²) in [5.74, 6) is 0.532. The van der Waals surface area contributed by atoms with Crippen LogP contribution in [0.15, 0.2) is 76.5 Å². The first kappa shape index (κ1) is 27.7. The number of hydrogen-bond acceptors (Lipinski definition) is 6. The van der Waals surface area contributed by atoms with Crippen molar-refractivity contribution >= 4 is 48.9 Å². The molecule has 3 aromatic rings. The van der Waals surface area contributed by atoms with E-state index >= 15 is 0 Å². The Labute approximate surface area is 227 Å². The third kappa shape index (κ3) is 6.23. The van der Waals surface area contributed by atoms with Crippen molar-refractivity contribution in [3.63, 3.8) is 0 Å². The summed E-state index contributed by atoms with van der Waals surface area (Å²) in [6.07, 6.45) is 1.76. The number of sulfonamides is 2. The molecule has 9 nitrogen and oxygen atoms in total. The quantitative estimate of drug-likeness (QED) is 0.396. The second-order valence-electron chi connectivity index (χ2n) is 9.05. The number of para-hydroxylation sites is 1. The SMILES string of the molecule is COc1ccc(S(=O)(=O)Nc2ccc(S(=O)(=O)Nc3ccccc3Cl)cc2)cc1C(=O)N1CCC(C)CC1. The predicted molar refractivity (Wildman–Crippen MR) is 147 cm³/mol. The smallest absolute Gasteiger partial charge is 0.261 e. The number of piperidine rings is 1. The van der Waals surface area contributed by atoms with Gasteiger partial charge in [-0.15, -0.1) is 0 Å². The number of carbonyl (C=O) groups is 1. The molecule has 1 fully saturated rings. The molecule has 12 heteroatoms. The zero-order valence-electron chi connectivity index (χ0n) is 20.8. The Kier molecular flexibility index (Phi) is 8.19. The van der Waals surface area contributed by atoms with Gasteiger partial charge in [-0.2, -0.15) is 0 Å². The summed E-state index contributed by atoms with van der Waals surface area (Å²) in [5, 5.41) is 0.243. The fraction of sp³-hybridized carbons (Fsp3) is 0.269. The van der Waals surface area contributed by atoms with Gasteiger partial charge in [-0.05, 0) is 73.4 Å². The molecule has 1 saturated heterocycles. The Morgan fingerprint density at radius 1 is 0.895 bits per heavy atom. The van der Waals surface area contributed by atoms with Gasteiger partial charge >= 0.3 is 0 Å².